The summed E-state index contributed by atoms with van der Waals surface area (Å²) in [4.78, 5) is 10.8. The van der Waals surface area contributed by atoms with Crippen molar-refractivity contribution in [3.05, 3.63) is 35.9 Å². The van der Waals surface area contributed by atoms with Gasteiger partial charge in [-0.3, -0.25) is 10.2 Å². The van der Waals surface area contributed by atoms with E-state index in [1.165, 1.54) is 0 Å². The molecule has 0 atom stereocenters. The van der Waals surface area contributed by atoms with Gasteiger partial charge in [-0.05, 0) is 12.1 Å². The Bertz CT molecular complexity index is 347. The van der Waals surface area contributed by atoms with Crippen molar-refractivity contribution in [3.8, 4) is 0 Å². The number of nitrogens with one attached hydrogen (secondary N) is 1. The first-order valence-corrected chi connectivity index (χ1v) is 4.45. The summed E-state index contributed by atoms with van der Waals surface area (Å²) in [5, 5.41) is 0. The van der Waals surface area contributed by atoms with Crippen molar-refractivity contribution in [2.45, 2.75) is 0 Å². The summed E-state index contributed by atoms with van der Waals surface area (Å²) in [5.41, 5.74) is 2.62. The van der Waals surface area contributed by atoms with Crippen LogP contribution < -0.4 is 40.8 Å². The Labute approximate surface area is 111 Å². The number of hydrazine groups is 1. The van der Waals surface area contributed by atoms with E-state index in [9.17, 15) is 4.79 Å². The maximum absolute atomic E-state index is 10.8. The van der Waals surface area contributed by atoms with Crippen LogP contribution in [0.15, 0.2) is 30.3 Å². The van der Waals surface area contributed by atoms with Crippen molar-refractivity contribution < 1.29 is 47.3 Å². The fourth-order valence-corrected chi connectivity index (χ4v) is 0.673. The van der Waals surface area contributed by atoms with Gasteiger partial charge in [-0.25, -0.2) is 5.84 Å². The molecular weight excluding hydrogens is 231 g/mol. The van der Waals surface area contributed by atoms with Crippen molar-refractivity contribution in [1.82, 2.24) is 5.43 Å². The van der Waals surface area contributed by atoms with E-state index in [-0.39, 0.29) is 35.5 Å². The van der Waals surface area contributed by atoms with Gasteiger partial charge in [-0.15, -0.1) is 0 Å². The molecule has 0 aliphatic carbocycles. The van der Waals surface area contributed by atoms with Gasteiger partial charge < -0.3 is 13.0 Å². The minimum absolute atomic E-state index is 0. The molecule has 0 spiro atoms. The van der Waals surface area contributed by atoms with Crippen molar-refractivity contribution in [1.29, 1.82) is 0 Å². The number of benzene rings is 1. The number of amides is 1. The second-order valence-electron chi connectivity index (χ2n) is 2.06. The zero-order valence-electron chi connectivity index (χ0n) is 8.04. The Hall–Kier alpha value is -0.440. The minimum atomic E-state index is -2.86. The van der Waals surface area contributed by atoms with Gasteiger partial charge in [0.25, 0.3) is 5.91 Å². The normalized spacial score (nSPS) is 8.20. The summed E-state index contributed by atoms with van der Waals surface area (Å²) in [7, 11) is -2.86. The molecule has 1 rings (SSSR count). The Morgan fingerprint density at radius 3 is 2.00 bits per heavy atom. The number of nitrogens with two attached hydrogens (primary N) is 1. The van der Waals surface area contributed by atoms with Gasteiger partial charge in [0.1, 0.15) is 0 Å². The molecule has 0 aliphatic rings. The molecule has 8 heteroatoms. The smallest absolute Gasteiger partial charge is 0.439 e. The Balaban J connectivity index is 0. The van der Waals surface area contributed by atoms with Crippen LogP contribution in [0.25, 0.3) is 0 Å². The van der Waals surface area contributed by atoms with Crippen molar-refractivity contribution in [2.75, 3.05) is 0 Å². The van der Waals surface area contributed by atoms with Gasteiger partial charge in [-0.1, -0.05) is 18.2 Å². The molecule has 0 unspecified atom stereocenters. The van der Waals surface area contributed by atoms with Crippen LogP contribution in [-0.4, -0.2) is 10.5 Å². The molecule has 0 saturated carbocycles. The van der Waals surface area contributed by atoms with Gasteiger partial charge in [0.2, 0.25) is 0 Å². The third-order valence-corrected chi connectivity index (χ3v) is 1.17. The topological polar surface area (TPSA) is 109 Å². The Morgan fingerprint density at radius 1 is 1.27 bits per heavy atom. The minimum Gasteiger partial charge on any atom is -0.439 e. The molecule has 0 aliphatic heterocycles. The van der Waals surface area contributed by atoms with E-state index in [0.717, 1.165) is 0 Å². The maximum Gasteiger partial charge on any atom is 1.00 e. The second kappa shape index (κ2) is 10.1. The van der Waals surface area contributed by atoms with Crippen LogP contribution in [0.2, 0.25) is 0 Å². The molecule has 0 bridgehead atoms. The van der Waals surface area contributed by atoms with Crippen LogP contribution in [-0.2, 0) is 19.4 Å². The predicted octanol–water partition coefficient (Wildman–Crippen LogP) is -2.94. The second-order valence-corrected chi connectivity index (χ2v) is 2.49. The number of carbonyl (C=O) groups is 1. The molecule has 0 radical (unpaired) electrons. The van der Waals surface area contributed by atoms with Gasteiger partial charge >= 0.3 is 29.6 Å². The van der Waals surface area contributed by atoms with E-state index >= 15 is 0 Å². The largest absolute Gasteiger partial charge is 1.00 e. The van der Waals surface area contributed by atoms with E-state index in [4.69, 9.17) is 18.8 Å². The van der Waals surface area contributed by atoms with Crippen molar-refractivity contribution in [3.63, 3.8) is 0 Å². The van der Waals surface area contributed by atoms with Crippen LogP contribution >= 0.6 is 0 Å². The summed E-state index contributed by atoms with van der Waals surface area (Å²) in [6.45, 7) is 0. The maximum atomic E-state index is 10.8. The predicted molar refractivity (Wildman–Crippen MR) is 49.5 cm³/mol. The van der Waals surface area contributed by atoms with Crippen LogP contribution in [0.5, 0.6) is 0 Å². The molecule has 15 heavy (non-hydrogen) atoms. The summed E-state index contributed by atoms with van der Waals surface area (Å²) in [6.07, 6.45) is 0. The van der Waals surface area contributed by atoms with Crippen molar-refractivity contribution in [2.24, 2.45) is 5.84 Å². The van der Waals surface area contributed by atoms with E-state index in [2.05, 4.69) is 0 Å². The molecule has 0 aromatic heterocycles. The number of hydrogen-bond acceptors (Lipinski definition) is 5. The molecule has 0 saturated heterocycles. The van der Waals surface area contributed by atoms with Crippen LogP contribution in [0.4, 0.5) is 0 Å². The fourth-order valence-electron chi connectivity index (χ4n) is 0.673. The number of hydrogen-bond donors (Lipinski definition) is 3. The average Bonchev–Trinajstić information content (AvgIpc) is 2.17. The number of carbonyl (C=O) groups excluding carboxylic acids is 1. The van der Waals surface area contributed by atoms with Crippen LogP contribution in [0.1, 0.15) is 10.4 Å². The Kier molecular flexibility index (Phi) is 11.4. The monoisotopic (exact) mass is 240 g/mol. The van der Waals surface area contributed by atoms with E-state index in [1.807, 2.05) is 11.5 Å². The molecular formula is C7H9N2NaO4S. The number of rotatable bonds is 1. The molecule has 0 fully saturated rings. The summed E-state index contributed by atoms with van der Waals surface area (Å²) in [6, 6.07) is 8.80. The quantitative estimate of drug-likeness (QED) is 0.0925. The fraction of sp³-hybridized carbons (Fsp3) is 0. The third-order valence-electron chi connectivity index (χ3n) is 1.17. The standard InChI is InChI=1S/C7H8N2O.Na.HO3S/c8-9-7(10)6-4-2-1-3-5-6;;1-4(2)3/h1-5H,8H2,(H,9,10);;(H,1,2,3)/q;+1;-1. The Morgan fingerprint density at radius 2 is 1.67 bits per heavy atom. The molecule has 1 aromatic carbocycles. The first kappa shape index (κ1) is 17.0. The summed E-state index contributed by atoms with van der Waals surface area (Å²) in [5.74, 6) is 4.64. The number of nitrogen functional groups attached to an aromatic ring is 1. The molecule has 1 aromatic rings. The zero-order chi connectivity index (χ0) is 11.0. The van der Waals surface area contributed by atoms with Crippen LogP contribution in [0.3, 0.4) is 0 Å². The molecule has 4 N–H and O–H groups in total. The van der Waals surface area contributed by atoms with E-state index in [1.54, 1.807) is 24.3 Å². The molecule has 6 nitrogen and oxygen atoms in total. The van der Waals surface area contributed by atoms with Gasteiger partial charge in [-0.2, -0.15) is 0 Å². The molecule has 78 valence electrons. The molecule has 1 amide bonds. The summed E-state index contributed by atoms with van der Waals surface area (Å²) >= 11 is 0. The van der Waals surface area contributed by atoms with Gasteiger partial charge in [0, 0.05) is 16.5 Å². The average molecular weight is 240 g/mol. The molecule has 0 heterocycles. The van der Waals surface area contributed by atoms with E-state index < -0.39 is 11.0 Å². The van der Waals surface area contributed by atoms with Crippen molar-refractivity contribution >= 4 is 16.9 Å². The zero-order valence-corrected chi connectivity index (χ0v) is 10.9. The van der Waals surface area contributed by atoms with Crippen LogP contribution in [0, 0.1) is 0 Å². The van der Waals surface area contributed by atoms with Gasteiger partial charge in [0.15, 0.2) is 0 Å². The first-order chi connectivity index (χ1) is 6.57. The third kappa shape index (κ3) is 9.85. The summed E-state index contributed by atoms with van der Waals surface area (Å²) < 4.78 is 24.1. The van der Waals surface area contributed by atoms with Gasteiger partial charge in [0.05, 0.1) is 0 Å². The first-order valence-electron chi connectivity index (χ1n) is 3.42. The SMILES string of the molecule is NNC(=O)c1ccccc1.O=[S-](=O)O.[Na+]. The van der Waals surface area contributed by atoms with E-state index in [0.29, 0.717) is 5.56 Å².